The minimum absolute atomic E-state index is 0.183. The van der Waals surface area contributed by atoms with Crippen LogP contribution >= 0.6 is 0 Å². The molecule has 0 N–H and O–H groups in total. The summed E-state index contributed by atoms with van der Waals surface area (Å²) in [5, 5.41) is 0. The zero-order chi connectivity index (χ0) is 11.3. The summed E-state index contributed by atoms with van der Waals surface area (Å²) in [6.07, 6.45) is 4.44. The largest absolute Gasteiger partial charge is 0.381 e. The van der Waals surface area contributed by atoms with Gasteiger partial charge in [-0.1, -0.05) is 13.8 Å². The van der Waals surface area contributed by atoms with Gasteiger partial charge in [0.2, 0.25) is 5.91 Å². The third-order valence-corrected chi connectivity index (χ3v) is 3.40. The zero-order valence-corrected chi connectivity index (χ0v) is 10.2. The number of ether oxygens (including phenoxy) is 1. The predicted molar refractivity (Wildman–Crippen MR) is 60.8 cm³/mol. The molecule has 15 heavy (non-hydrogen) atoms. The Morgan fingerprint density at radius 1 is 1.20 bits per heavy atom. The Labute approximate surface area is 92.8 Å². The van der Waals surface area contributed by atoms with Gasteiger partial charge in [0.05, 0.1) is 0 Å². The summed E-state index contributed by atoms with van der Waals surface area (Å²) in [7, 11) is 0. The molecule has 3 nitrogen and oxygen atoms in total. The smallest absolute Gasteiger partial charge is 0.219 e. The van der Waals surface area contributed by atoms with Gasteiger partial charge in [-0.25, -0.2) is 0 Å². The van der Waals surface area contributed by atoms with Crippen LogP contribution in [0.5, 0.6) is 0 Å². The van der Waals surface area contributed by atoms with E-state index in [2.05, 4.69) is 0 Å². The van der Waals surface area contributed by atoms with Crippen molar-refractivity contribution in [2.45, 2.75) is 52.0 Å². The molecule has 2 fully saturated rings. The number of likely N-dealkylation sites (tertiary alicyclic amines) is 1. The van der Waals surface area contributed by atoms with Gasteiger partial charge in [-0.2, -0.15) is 0 Å². The average molecular weight is 213 g/mol. The highest BCUT2D eigenvalue weighted by molar-refractivity contribution is 5.75. The molecule has 0 bridgehead atoms. The van der Waals surface area contributed by atoms with Crippen molar-refractivity contribution in [1.82, 2.24) is 4.90 Å². The lowest BCUT2D eigenvalue weighted by molar-refractivity contribution is -0.146. The van der Waals surface area contributed by atoms with Crippen LogP contribution in [0.4, 0.5) is 0 Å². The summed E-state index contributed by atoms with van der Waals surface area (Å²) in [6.45, 7) is 8.32. The fourth-order valence-corrected chi connectivity index (χ4v) is 2.54. The molecule has 88 valence electrons. The molecule has 2 saturated heterocycles. The molecule has 2 heterocycles. The van der Waals surface area contributed by atoms with Crippen LogP contribution < -0.4 is 0 Å². The first-order chi connectivity index (χ1) is 7.25. The second-order valence-corrected chi connectivity index (χ2v) is 4.11. The minimum atomic E-state index is 0.183. The van der Waals surface area contributed by atoms with Gasteiger partial charge in [-0.05, 0) is 25.7 Å². The Bertz CT molecular complexity index is 208. The van der Waals surface area contributed by atoms with Crippen LogP contribution in [0.15, 0.2) is 0 Å². The van der Waals surface area contributed by atoms with E-state index < -0.39 is 0 Å². The van der Waals surface area contributed by atoms with Crippen LogP contribution in [0.2, 0.25) is 0 Å². The van der Waals surface area contributed by atoms with E-state index in [9.17, 15) is 4.79 Å². The SMILES string of the molecule is CC.CC(=O)N1CCC12CCCOCC2. The number of nitrogens with zero attached hydrogens (tertiary/aromatic N) is 1. The third-order valence-electron chi connectivity index (χ3n) is 3.40. The summed E-state index contributed by atoms with van der Waals surface area (Å²) < 4.78 is 5.42. The molecule has 0 saturated carbocycles. The number of hydrogen-bond acceptors (Lipinski definition) is 2. The van der Waals surface area contributed by atoms with Crippen molar-refractivity contribution < 1.29 is 9.53 Å². The van der Waals surface area contributed by atoms with E-state index in [1.54, 1.807) is 6.92 Å². The van der Waals surface area contributed by atoms with Crippen molar-refractivity contribution in [3.63, 3.8) is 0 Å². The van der Waals surface area contributed by atoms with E-state index in [0.29, 0.717) is 0 Å². The normalized spacial score (nSPS) is 29.9. The van der Waals surface area contributed by atoms with Crippen LogP contribution in [0.3, 0.4) is 0 Å². The Kier molecular flexibility index (Phi) is 4.58. The van der Waals surface area contributed by atoms with E-state index >= 15 is 0 Å². The van der Waals surface area contributed by atoms with E-state index in [1.807, 2.05) is 18.7 Å². The standard InChI is InChI=1S/C10H17NO2.C2H6/c1-9(12)11-6-4-10(11)3-2-7-13-8-5-10;1-2/h2-8H2,1H3;1-2H3. The fourth-order valence-electron chi connectivity index (χ4n) is 2.54. The Morgan fingerprint density at radius 3 is 2.47 bits per heavy atom. The van der Waals surface area contributed by atoms with E-state index in [4.69, 9.17) is 4.74 Å². The van der Waals surface area contributed by atoms with Crippen molar-refractivity contribution in [3.8, 4) is 0 Å². The first-order valence-corrected chi connectivity index (χ1v) is 6.11. The summed E-state index contributed by atoms with van der Waals surface area (Å²) in [4.78, 5) is 13.3. The van der Waals surface area contributed by atoms with E-state index in [-0.39, 0.29) is 11.4 Å². The van der Waals surface area contributed by atoms with Crippen LogP contribution in [-0.2, 0) is 9.53 Å². The van der Waals surface area contributed by atoms with Crippen LogP contribution in [0.25, 0.3) is 0 Å². The average Bonchev–Trinajstić information content (AvgIpc) is 2.45. The van der Waals surface area contributed by atoms with Gasteiger partial charge >= 0.3 is 0 Å². The van der Waals surface area contributed by atoms with Crippen molar-refractivity contribution in [2.75, 3.05) is 19.8 Å². The molecule has 0 aromatic rings. The Hall–Kier alpha value is -0.570. The lowest BCUT2D eigenvalue weighted by Gasteiger charge is -2.52. The molecule has 3 heteroatoms. The highest BCUT2D eigenvalue weighted by atomic mass is 16.5. The van der Waals surface area contributed by atoms with Crippen molar-refractivity contribution in [2.24, 2.45) is 0 Å². The van der Waals surface area contributed by atoms with Crippen LogP contribution in [0, 0.1) is 0 Å². The zero-order valence-electron chi connectivity index (χ0n) is 10.2. The molecule has 1 amide bonds. The van der Waals surface area contributed by atoms with Gasteiger partial charge in [-0.3, -0.25) is 4.79 Å². The molecule has 2 aliphatic heterocycles. The molecule has 2 aliphatic rings. The molecular formula is C12H23NO2. The highest BCUT2D eigenvalue weighted by Crippen LogP contribution is 2.39. The van der Waals surface area contributed by atoms with Gasteiger partial charge in [-0.15, -0.1) is 0 Å². The fraction of sp³-hybridized carbons (Fsp3) is 0.917. The maximum atomic E-state index is 11.3. The predicted octanol–water partition coefficient (Wildman–Crippen LogP) is 2.20. The van der Waals surface area contributed by atoms with E-state index in [0.717, 1.165) is 39.0 Å². The van der Waals surface area contributed by atoms with Crippen molar-refractivity contribution >= 4 is 5.91 Å². The van der Waals surface area contributed by atoms with Gasteiger partial charge in [0.25, 0.3) is 0 Å². The minimum Gasteiger partial charge on any atom is -0.381 e. The third kappa shape index (κ3) is 2.51. The quantitative estimate of drug-likeness (QED) is 0.617. The van der Waals surface area contributed by atoms with Crippen LogP contribution in [0.1, 0.15) is 46.5 Å². The summed E-state index contributed by atoms with van der Waals surface area (Å²) in [5.41, 5.74) is 0.183. The van der Waals surface area contributed by atoms with Gasteiger partial charge in [0.1, 0.15) is 0 Å². The maximum Gasteiger partial charge on any atom is 0.219 e. The molecule has 0 aliphatic carbocycles. The number of amides is 1. The van der Waals surface area contributed by atoms with Gasteiger partial charge in [0, 0.05) is 32.2 Å². The van der Waals surface area contributed by atoms with Crippen LogP contribution in [-0.4, -0.2) is 36.1 Å². The van der Waals surface area contributed by atoms with Gasteiger partial charge < -0.3 is 9.64 Å². The Morgan fingerprint density at radius 2 is 1.93 bits per heavy atom. The molecule has 0 aromatic heterocycles. The first kappa shape index (κ1) is 12.5. The second kappa shape index (κ2) is 5.50. The maximum absolute atomic E-state index is 11.3. The Balaban J connectivity index is 0.000000531. The molecule has 2 rings (SSSR count). The molecule has 0 aromatic carbocycles. The van der Waals surface area contributed by atoms with Crippen molar-refractivity contribution in [1.29, 1.82) is 0 Å². The molecule has 1 unspecified atom stereocenters. The van der Waals surface area contributed by atoms with Gasteiger partial charge in [0.15, 0.2) is 0 Å². The number of rotatable bonds is 0. The lowest BCUT2D eigenvalue weighted by Crippen LogP contribution is -2.61. The molecule has 1 atom stereocenters. The molecular weight excluding hydrogens is 190 g/mol. The highest BCUT2D eigenvalue weighted by Gasteiger charge is 2.45. The number of carbonyl (C=O) groups excluding carboxylic acids is 1. The van der Waals surface area contributed by atoms with Crippen molar-refractivity contribution in [3.05, 3.63) is 0 Å². The molecule has 1 spiro atoms. The van der Waals surface area contributed by atoms with E-state index in [1.165, 1.54) is 6.42 Å². The first-order valence-electron chi connectivity index (χ1n) is 6.11. The topological polar surface area (TPSA) is 29.5 Å². The monoisotopic (exact) mass is 213 g/mol. The number of hydrogen-bond donors (Lipinski definition) is 0. The molecule has 0 radical (unpaired) electrons. The summed E-state index contributed by atoms with van der Waals surface area (Å²) in [6, 6.07) is 0. The number of carbonyl (C=O) groups is 1. The summed E-state index contributed by atoms with van der Waals surface area (Å²) in [5.74, 6) is 0.230. The second-order valence-electron chi connectivity index (χ2n) is 4.11. The summed E-state index contributed by atoms with van der Waals surface area (Å²) >= 11 is 0. The lowest BCUT2D eigenvalue weighted by atomic mass is 9.78.